The van der Waals surface area contributed by atoms with E-state index in [-0.39, 0.29) is 0 Å². The first-order valence-corrected chi connectivity index (χ1v) is 6.24. The second-order valence-electron chi connectivity index (χ2n) is 4.03. The molecule has 1 aromatic carbocycles. The lowest BCUT2D eigenvalue weighted by Crippen LogP contribution is -2.33. The van der Waals surface area contributed by atoms with Gasteiger partial charge in [0.2, 0.25) is 0 Å². The fourth-order valence-corrected chi connectivity index (χ4v) is 2.35. The molecule has 1 aliphatic heterocycles. The van der Waals surface area contributed by atoms with Crippen LogP contribution in [0.1, 0.15) is 18.4 Å². The van der Waals surface area contributed by atoms with Crippen LogP contribution in [0.5, 0.6) is 0 Å². The van der Waals surface area contributed by atoms with Gasteiger partial charge in [-0.05, 0) is 11.6 Å². The molecule has 86 valence electrons. The number of hydrogen-bond donors (Lipinski definition) is 1. The van der Waals surface area contributed by atoms with Gasteiger partial charge in [-0.25, -0.2) is 0 Å². The van der Waals surface area contributed by atoms with E-state index in [1.165, 1.54) is 5.56 Å². The Bertz CT molecular complexity index is 382. The molecule has 2 rings (SSSR count). The maximum Gasteiger partial charge on any atom is 0.0596 e. The third-order valence-corrected chi connectivity index (χ3v) is 3.70. The minimum atomic E-state index is 0.876. The van der Waals surface area contributed by atoms with Gasteiger partial charge < -0.3 is 5.21 Å². The third-order valence-electron chi connectivity index (χ3n) is 2.93. The third kappa shape index (κ3) is 2.83. The van der Waals surface area contributed by atoms with E-state index >= 15 is 0 Å². The van der Waals surface area contributed by atoms with Gasteiger partial charge in [0.1, 0.15) is 0 Å². The summed E-state index contributed by atoms with van der Waals surface area (Å²) in [5.74, 6) is 0. The van der Waals surface area contributed by atoms with Crippen LogP contribution >= 0.6 is 15.9 Å². The van der Waals surface area contributed by atoms with E-state index in [2.05, 4.69) is 44.2 Å². The van der Waals surface area contributed by atoms with Gasteiger partial charge in [-0.15, -0.1) is 0 Å². The predicted molar refractivity (Wildman–Crippen MR) is 67.9 cm³/mol. The van der Waals surface area contributed by atoms with Crippen LogP contribution < -0.4 is 0 Å². The Hall–Kier alpha value is -0.870. The molecule has 0 bridgehead atoms. The first-order valence-electron chi connectivity index (χ1n) is 5.45. The predicted octanol–water partition coefficient (Wildman–Crippen LogP) is 2.88. The van der Waals surface area contributed by atoms with Gasteiger partial charge in [0.05, 0.1) is 5.71 Å². The summed E-state index contributed by atoms with van der Waals surface area (Å²) in [4.78, 5) is 2.38. The Morgan fingerprint density at radius 2 is 1.94 bits per heavy atom. The molecule has 0 saturated carbocycles. The average Bonchev–Trinajstić information content (AvgIpc) is 2.33. The van der Waals surface area contributed by atoms with Gasteiger partial charge >= 0.3 is 0 Å². The molecule has 4 heteroatoms. The lowest BCUT2D eigenvalue weighted by Gasteiger charge is -2.27. The van der Waals surface area contributed by atoms with Crippen molar-refractivity contribution in [1.82, 2.24) is 4.90 Å². The van der Waals surface area contributed by atoms with Crippen molar-refractivity contribution in [3.63, 3.8) is 0 Å². The molecule has 1 aliphatic rings. The zero-order valence-electron chi connectivity index (χ0n) is 9.06. The number of nitrogens with zero attached hydrogens (tertiary/aromatic N) is 2. The zero-order chi connectivity index (χ0) is 11.4. The van der Waals surface area contributed by atoms with Crippen LogP contribution in [-0.4, -0.2) is 28.9 Å². The fourth-order valence-electron chi connectivity index (χ4n) is 1.94. The van der Waals surface area contributed by atoms with E-state index in [4.69, 9.17) is 5.21 Å². The summed E-state index contributed by atoms with van der Waals surface area (Å²) in [5.41, 5.74) is 2.23. The van der Waals surface area contributed by atoms with E-state index in [1.807, 2.05) is 6.07 Å². The SMILES string of the molecule is ON=C1CCN(Cc2ccccc2Br)CC1. The highest BCUT2D eigenvalue weighted by atomic mass is 79.9. The van der Waals surface area contributed by atoms with Crippen LogP contribution in [0, 0.1) is 0 Å². The standard InChI is InChI=1S/C12H15BrN2O/c13-12-4-2-1-3-10(12)9-15-7-5-11(14-16)6-8-15/h1-4,16H,5-9H2. The van der Waals surface area contributed by atoms with Crippen LogP contribution in [0.15, 0.2) is 33.9 Å². The van der Waals surface area contributed by atoms with Crippen molar-refractivity contribution < 1.29 is 5.21 Å². The quantitative estimate of drug-likeness (QED) is 0.669. The molecule has 1 aromatic rings. The molecule has 16 heavy (non-hydrogen) atoms. The molecule has 0 radical (unpaired) electrons. The number of piperidine rings is 1. The highest BCUT2D eigenvalue weighted by molar-refractivity contribution is 9.10. The van der Waals surface area contributed by atoms with E-state index in [9.17, 15) is 0 Å². The number of rotatable bonds is 2. The van der Waals surface area contributed by atoms with E-state index < -0.39 is 0 Å². The normalized spacial score (nSPS) is 17.4. The molecule has 1 heterocycles. The van der Waals surface area contributed by atoms with Crippen molar-refractivity contribution in [3.8, 4) is 0 Å². The van der Waals surface area contributed by atoms with Crippen LogP contribution in [0.25, 0.3) is 0 Å². The summed E-state index contributed by atoms with van der Waals surface area (Å²) in [7, 11) is 0. The highest BCUT2D eigenvalue weighted by Gasteiger charge is 2.15. The Morgan fingerprint density at radius 1 is 1.25 bits per heavy atom. The first-order chi connectivity index (χ1) is 7.79. The molecule has 0 amide bonds. The summed E-state index contributed by atoms with van der Waals surface area (Å²) in [6.45, 7) is 2.90. The molecule has 1 N–H and O–H groups in total. The molecule has 3 nitrogen and oxygen atoms in total. The monoisotopic (exact) mass is 282 g/mol. The van der Waals surface area contributed by atoms with Gasteiger partial charge in [-0.2, -0.15) is 0 Å². The van der Waals surface area contributed by atoms with Gasteiger partial charge in [0.15, 0.2) is 0 Å². The van der Waals surface area contributed by atoms with Crippen LogP contribution in [0.2, 0.25) is 0 Å². The average molecular weight is 283 g/mol. The van der Waals surface area contributed by atoms with Gasteiger partial charge in [-0.3, -0.25) is 4.90 Å². The minimum absolute atomic E-state index is 0.876. The number of benzene rings is 1. The fraction of sp³-hybridized carbons (Fsp3) is 0.417. The van der Waals surface area contributed by atoms with Crippen LogP contribution in [-0.2, 0) is 6.54 Å². The number of hydrogen-bond acceptors (Lipinski definition) is 3. The minimum Gasteiger partial charge on any atom is -0.411 e. The van der Waals surface area contributed by atoms with Crippen molar-refractivity contribution in [2.45, 2.75) is 19.4 Å². The second-order valence-corrected chi connectivity index (χ2v) is 4.89. The van der Waals surface area contributed by atoms with E-state index in [1.54, 1.807) is 0 Å². The Balaban J connectivity index is 1.94. The largest absolute Gasteiger partial charge is 0.411 e. The van der Waals surface area contributed by atoms with Crippen LogP contribution in [0.3, 0.4) is 0 Å². The second kappa shape index (κ2) is 5.46. The lowest BCUT2D eigenvalue weighted by molar-refractivity contribution is 0.256. The number of halogens is 1. The summed E-state index contributed by atoms with van der Waals surface area (Å²) >= 11 is 3.56. The van der Waals surface area contributed by atoms with Crippen molar-refractivity contribution >= 4 is 21.6 Å². The van der Waals surface area contributed by atoms with Crippen molar-refractivity contribution in [2.24, 2.45) is 5.16 Å². The molecular formula is C12H15BrN2O. The molecule has 1 fully saturated rings. The molecule has 0 atom stereocenters. The van der Waals surface area contributed by atoms with Crippen molar-refractivity contribution in [2.75, 3.05) is 13.1 Å². The smallest absolute Gasteiger partial charge is 0.0596 e. The van der Waals surface area contributed by atoms with Gasteiger partial charge in [-0.1, -0.05) is 39.3 Å². The summed E-state index contributed by atoms with van der Waals surface area (Å²) in [5, 5.41) is 12.0. The Labute approximate surface area is 104 Å². The van der Waals surface area contributed by atoms with Crippen LogP contribution in [0.4, 0.5) is 0 Å². The summed E-state index contributed by atoms with van der Waals surface area (Å²) in [6, 6.07) is 8.30. The number of likely N-dealkylation sites (tertiary alicyclic amines) is 1. The van der Waals surface area contributed by atoms with Gasteiger partial charge in [0, 0.05) is 36.9 Å². The Morgan fingerprint density at radius 3 is 2.56 bits per heavy atom. The maximum atomic E-state index is 8.67. The van der Waals surface area contributed by atoms with Crippen molar-refractivity contribution in [3.05, 3.63) is 34.3 Å². The highest BCUT2D eigenvalue weighted by Crippen LogP contribution is 2.19. The summed E-state index contributed by atoms with van der Waals surface area (Å²) in [6.07, 6.45) is 1.75. The lowest BCUT2D eigenvalue weighted by atomic mass is 10.1. The zero-order valence-corrected chi connectivity index (χ0v) is 10.7. The molecule has 0 aliphatic carbocycles. The molecule has 0 spiro atoms. The summed E-state index contributed by atoms with van der Waals surface area (Å²) < 4.78 is 1.16. The molecule has 1 saturated heterocycles. The molecular weight excluding hydrogens is 268 g/mol. The molecule has 0 unspecified atom stereocenters. The first kappa shape index (κ1) is 11.6. The van der Waals surface area contributed by atoms with Crippen molar-refractivity contribution in [1.29, 1.82) is 0 Å². The van der Waals surface area contributed by atoms with Gasteiger partial charge in [0.25, 0.3) is 0 Å². The topological polar surface area (TPSA) is 35.8 Å². The van der Waals surface area contributed by atoms with E-state index in [0.717, 1.165) is 42.7 Å². The Kier molecular flexibility index (Phi) is 3.96. The molecule has 0 aromatic heterocycles. The maximum absolute atomic E-state index is 8.67. The van der Waals surface area contributed by atoms with E-state index in [0.29, 0.717) is 0 Å². The number of oxime groups is 1.